The van der Waals surface area contributed by atoms with Gasteiger partial charge in [0, 0.05) is 23.8 Å². The van der Waals surface area contributed by atoms with Crippen LogP contribution in [0.15, 0.2) is 23.2 Å². The lowest BCUT2D eigenvalue weighted by Crippen LogP contribution is -2.21. The van der Waals surface area contributed by atoms with Crippen molar-refractivity contribution >= 4 is 23.9 Å². The number of nitrogens with one attached hydrogen (secondary N) is 1. The molecule has 1 aromatic rings. The van der Waals surface area contributed by atoms with Crippen molar-refractivity contribution in [3.63, 3.8) is 0 Å². The Morgan fingerprint density at radius 2 is 2.05 bits per heavy atom. The van der Waals surface area contributed by atoms with E-state index in [1.165, 1.54) is 24.4 Å². The van der Waals surface area contributed by atoms with E-state index in [-0.39, 0.29) is 30.0 Å². The molecule has 0 fully saturated rings. The summed E-state index contributed by atoms with van der Waals surface area (Å²) in [5, 5.41) is 26.0. The van der Waals surface area contributed by atoms with E-state index in [4.69, 9.17) is 22.0 Å². The third kappa shape index (κ3) is 4.94. The van der Waals surface area contributed by atoms with E-state index in [1.807, 2.05) is 0 Å². The number of amidine groups is 1. The number of hydrogen-bond acceptors (Lipinski definition) is 5. The minimum Gasteiger partial charge on any atom is -0.507 e. The van der Waals surface area contributed by atoms with Crippen LogP contribution in [0.3, 0.4) is 0 Å². The molecule has 0 aliphatic heterocycles. The maximum atomic E-state index is 11.0. The van der Waals surface area contributed by atoms with Crippen LogP contribution in [0.2, 0.25) is 0 Å². The van der Waals surface area contributed by atoms with Crippen LogP contribution < -0.4 is 11.5 Å². The largest absolute Gasteiger partial charge is 0.507 e. The summed E-state index contributed by atoms with van der Waals surface area (Å²) in [7, 11) is 0. The fourth-order valence-electron chi connectivity index (χ4n) is 1.53. The zero-order valence-corrected chi connectivity index (χ0v) is 11.1. The molecule has 0 aromatic heterocycles. The number of benzene rings is 1. The van der Waals surface area contributed by atoms with Gasteiger partial charge in [-0.3, -0.25) is 15.2 Å². The van der Waals surface area contributed by atoms with Gasteiger partial charge in [-0.1, -0.05) is 6.07 Å². The third-order valence-corrected chi connectivity index (χ3v) is 2.68. The highest BCUT2D eigenvalue weighted by molar-refractivity contribution is 5.97. The molecule has 0 bridgehead atoms. The Labute approximate surface area is 120 Å². The number of amides is 1. The predicted octanol–water partition coefficient (Wildman–Crippen LogP) is -0.186. The molecular formula is C13H16N4O4. The normalized spacial score (nSPS) is 12.2. The molecule has 0 heterocycles. The van der Waals surface area contributed by atoms with Crippen LogP contribution in [0.5, 0.6) is 5.75 Å². The lowest BCUT2D eigenvalue weighted by molar-refractivity contribution is -0.138. The summed E-state index contributed by atoms with van der Waals surface area (Å²) in [4.78, 5) is 25.5. The summed E-state index contributed by atoms with van der Waals surface area (Å²) < 4.78 is 0. The highest BCUT2D eigenvalue weighted by Crippen LogP contribution is 2.17. The maximum Gasteiger partial charge on any atom is 0.328 e. The number of aliphatic carboxylic acids is 1. The molecule has 112 valence electrons. The number of carbonyl (C=O) groups excluding carboxylic acids is 1. The Morgan fingerprint density at radius 3 is 2.52 bits per heavy atom. The Balaban J connectivity index is 2.88. The number of aliphatic imine (C=N–C) groups is 1. The van der Waals surface area contributed by atoms with Crippen LogP contribution >= 0.6 is 0 Å². The first-order chi connectivity index (χ1) is 9.81. The minimum atomic E-state index is -1.19. The summed E-state index contributed by atoms with van der Waals surface area (Å²) in [5.74, 6) is -2.17. The number of carboxylic acids is 1. The molecule has 0 saturated carbocycles. The van der Waals surface area contributed by atoms with Gasteiger partial charge >= 0.3 is 5.97 Å². The molecule has 7 N–H and O–H groups in total. The predicted molar refractivity (Wildman–Crippen MR) is 76.6 cm³/mol. The number of carboxylic acid groups (broad SMARTS) is 1. The number of rotatable bonds is 7. The molecule has 1 amide bonds. The van der Waals surface area contributed by atoms with E-state index in [0.29, 0.717) is 5.56 Å². The number of primary amides is 1. The van der Waals surface area contributed by atoms with Crippen LogP contribution in [0.4, 0.5) is 0 Å². The number of nitrogen functional groups attached to an aromatic ring is 1. The van der Waals surface area contributed by atoms with E-state index < -0.39 is 17.9 Å². The molecule has 0 aliphatic rings. The zero-order chi connectivity index (χ0) is 16.0. The van der Waals surface area contributed by atoms with Crippen molar-refractivity contribution in [2.45, 2.75) is 18.9 Å². The first-order valence-corrected chi connectivity index (χ1v) is 6.03. The number of nitrogens with zero attached hydrogens (tertiary/aromatic N) is 1. The molecule has 0 aliphatic carbocycles. The quantitative estimate of drug-likeness (QED) is 0.347. The molecule has 0 unspecified atom stereocenters. The molecule has 0 radical (unpaired) electrons. The van der Waals surface area contributed by atoms with Gasteiger partial charge in [-0.15, -0.1) is 0 Å². The van der Waals surface area contributed by atoms with Gasteiger partial charge in [0.1, 0.15) is 17.6 Å². The molecule has 1 atom stereocenters. The van der Waals surface area contributed by atoms with E-state index in [0.717, 1.165) is 0 Å². The Bertz CT molecular complexity index is 598. The minimum absolute atomic E-state index is 0.0204. The number of hydrogen-bond donors (Lipinski definition) is 5. The lowest BCUT2D eigenvalue weighted by Gasteiger charge is -2.06. The molecule has 1 rings (SSSR count). The second-order valence-corrected chi connectivity index (χ2v) is 4.32. The highest BCUT2D eigenvalue weighted by Gasteiger charge is 2.16. The van der Waals surface area contributed by atoms with Crippen LogP contribution in [0, 0.1) is 5.41 Å². The van der Waals surface area contributed by atoms with Gasteiger partial charge in [0.15, 0.2) is 0 Å². The molecule has 0 saturated heterocycles. The first kappa shape index (κ1) is 16.2. The van der Waals surface area contributed by atoms with Gasteiger partial charge < -0.3 is 21.7 Å². The van der Waals surface area contributed by atoms with Gasteiger partial charge in [0.2, 0.25) is 5.91 Å². The SMILES string of the molecule is N=C(N)c1ccc(C=N[C@@H](CCC(N)=O)C(=O)O)c(O)c1. The molecule has 21 heavy (non-hydrogen) atoms. The first-order valence-electron chi connectivity index (χ1n) is 6.03. The van der Waals surface area contributed by atoms with Crippen molar-refractivity contribution in [3.05, 3.63) is 29.3 Å². The van der Waals surface area contributed by atoms with Crippen molar-refractivity contribution in [1.82, 2.24) is 0 Å². The number of aromatic hydroxyl groups is 1. The average Bonchev–Trinajstić information content (AvgIpc) is 2.39. The molecule has 8 nitrogen and oxygen atoms in total. The van der Waals surface area contributed by atoms with Crippen LogP contribution in [0.1, 0.15) is 24.0 Å². The fraction of sp³-hybridized carbons (Fsp3) is 0.231. The second-order valence-electron chi connectivity index (χ2n) is 4.32. The Morgan fingerprint density at radius 1 is 1.38 bits per heavy atom. The topological polar surface area (TPSA) is 163 Å². The van der Waals surface area contributed by atoms with Gasteiger partial charge in [0.05, 0.1) is 0 Å². The lowest BCUT2D eigenvalue weighted by atomic mass is 10.1. The van der Waals surface area contributed by atoms with Crippen molar-refractivity contribution < 1.29 is 19.8 Å². The van der Waals surface area contributed by atoms with Crippen LogP contribution in [0.25, 0.3) is 0 Å². The van der Waals surface area contributed by atoms with Gasteiger partial charge in [0.25, 0.3) is 0 Å². The smallest absolute Gasteiger partial charge is 0.328 e. The fourth-order valence-corrected chi connectivity index (χ4v) is 1.53. The Kier molecular flexibility index (Phi) is 5.41. The second kappa shape index (κ2) is 7.04. The molecule has 1 aromatic carbocycles. The van der Waals surface area contributed by atoms with Crippen molar-refractivity contribution in [2.24, 2.45) is 16.5 Å². The molecule has 8 heteroatoms. The molecular weight excluding hydrogens is 276 g/mol. The van der Waals surface area contributed by atoms with E-state index >= 15 is 0 Å². The summed E-state index contributed by atoms with van der Waals surface area (Å²) in [6.07, 6.45) is 1.08. The molecule has 0 spiro atoms. The number of phenolic OH excluding ortho intramolecular Hbond substituents is 1. The summed E-state index contributed by atoms with van der Waals surface area (Å²) in [6, 6.07) is 3.12. The average molecular weight is 292 g/mol. The van der Waals surface area contributed by atoms with Crippen LogP contribution in [-0.4, -0.2) is 40.2 Å². The van der Waals surface area contributed by atoms with Crippen molar-refractivity contribution in [1.29, 1.82) is 5.41 Å². The number of nitrogens with two attached hydrogens (primary N) is 2. The number of carbonyl (C=O) groups is 2. The maximum absolute atomic E-state index is 11.0. The van der Waals surface area contributed by atoms with Crippen molar-refractivity contribution in [2.75, 3.05) is 0 Å². The third-order valence-electron chi connectivity index (χ3n) is 2.68. The Hall–Kier alpha value is -2.90. The van der Waals surface area contributed by atoms with E-state index in [2.05, 4.69) is 4.99 Å². The number of phenols is 1. The monoisotopic (exact) mass is 292 g/mol. The highest BCUT2D eigenvalue weighted by atomic mass is 16.4. The van der Waals surface area contributed by atoms with Gasteiger partial charge in [-0.2, -0.15) is 0 Å². The van der Waals surface area contributed by atoms with Gasteiger partial charge in [-0.05, 0) is 18.6 Å². The van der Waals surface area contributed by atoms with E-state index in [1.54, 1.807) is 0 Å². The van der Waals surface area contributed by atoms with Crippen LogP contribution in [-0.2, 0) is 9.59 Å². The van der Waals surface area contributed by atoms with Crippen molar-refractivity contribution in [3.8, 4) is 5.75 Å². The van der Waals surface area contributed by atoms with Gasteiger partial charge in [-0.25, -0.2) is 4.79 Å². The summed E-state index contributed by atoms with van der Waals surface area (Å²) in [5.41, 5.74) is 10.9. The van der Waals surface area contributed by atoms with E-state index in [9.17, 15) is 14.7 Å². The summed E-state index contributed by atoms with van der Waals surface area (Å²) in [6.45, 7) is 0. The summed E-state index contributed by atoms with van der Waals surface area (Å²) >= 11 is 0. The zero-order valence-electron chi connectivity index (χ0n) is 11.1. The standard InChI is InChI=1S/C13H16N4O4/c14-11(19)4-3-9(13(20)21)17-6-8-2-1-7(12(15)16)5-10(8)18/h1-2,5-6,9,18H,3-4H2,(H2,14,19)(H3,15,16)(H,20,21)/t9-/m0/s1.